The average Bonchev–Trinajstić information content (AvgIpc) is 3.01. The van der Waals surface area contributed by atoms with E-state index in [1.165, 1.54) is 11.3 Å². The first kappa shape index (κ1) is 15.2. The van der Waals surface area contributed by atoms with E-state index in [1.807, 2.05) is 13.0 Å². The third-order valence-corrected chi connectivity index (χ3v) is 4.14. The van der Waals surface area contributed by atoms with Crippen molar-refractivity contribution in [2.75, 3.05) is 0 Å². The number of furan rings is 1. The molecule has 1 atom stereocenters. The van der Waals surface area contributed by atoms with Gasteiger partial charge in [0.05, 0.1) is 5.69 Å². The molecule has 0 aliphatic heterocycles. The monoisotopic (exact) mass is 308 g/mol. The summed E-state index contributed by atoms with van der Waals surface area (Å²) in [5.74, 6) is -0.102. The number of hydrogen-bond acceptors (Lipinski definition) is 5. The number of carboxylic acids is 1. The molecular weight excluding hydrogens is 292 g/mol. The molecule has 0 aromatic carbocycles. The van der Waals surface area contributed by atoms with Crippen LogP contribution in [0, 0.1) is 13.8 Å². The van der Waals surface area contributed by atoms with Gasteiger partial charge in [-0.15, -0.1) is 11.3 Å². The number of nitrogens with one attached hydrogen (secondary N) is 1. The number of aliphatic carboxylic acids is 1. The number of aryl methyl sites for hydroxylation is 2. The maximum atomic E-state index is 12.2. The molecule has 1 unspecified atom stereocenters. The van der Waals surface area contributed by atoms with Crippen LogP contribution in [0.3, 0.4) is 0 Å². The van der Waals surface area contributed by atoms with E-state index in [1.54, 1.807) is 19.9 Å². The first-order chi connectivity index (χ1) is 9.92. The van der Waals surface area contributed by atoms with Crippen LogP contribution in [0.2, 0.25) is 0 Å². The summed E-state index contributed by atoms with van der Waals surface area (Å²) in [7, 11) is 0. The molecule has 7 heteroatoms. The standard InChI is InChI=1S/C14H16N2O4S/c1-4-9(14(18)19)16-12(17)11-8(3)15-13(21-11)10-6-5-7(2)20-10/h5-6,9H,4H2,1-3H3,(H,16,17)(H,18,19). The fourth-order valence-electron chi connectivity index (χ4n) is 1.82. The molecule has 2 N–H and O–H groups in total. The maximum absolute atomic E-state index is 12.2. The molecule has 2 heterocycles. The van der Waals surface area contributed by atoms with Crippen LogP contribution >= 0.6 is 11.3 Å². The van der Waals surface area contributed by atoms with Crippen LogP contribution < -0.4 is 5.32 Å². The highest BCUT2D eigenvalue weighted by molar-refractivity contribution is 7.17. The zero-order valence-corrected chi connectivity index (χ0v) is 12.8. The quantitative estimate of drug-likeness (QED) is 0.885. The number of hydrogen-bond donors (Lipinski definition) is 2. The number of aromatic nitrogens is 1. The van der Waals surface area contributed by atoms with Crippen molar-refractivity contribution in [3.63, 3.8) is 0 Å². The fraction of sp³-hybridized carbons (Fsp3) is 0.357. The molecule has 0 aliphatic carbocycles. The topological polar surface area (TPSA) is 92.4 Å². The van der Waals surface area contributed by atoms with Gasteiger partial charge >= 0.3 is 5.97 Å². The summed E-state index contributed by atoms with van der Waals surface area (Å²) in [6.45, 7) is 5.25. The number of carbonyl (C=O) groups is 2. The van der Waals surface area contributed by atoms with E-state index >= 15 is 0 Å². The highest BCUT2D eigenvalue weighted by Gasteiger charge is 2.22. The van der Waals surface area contributed by atoms with E-state index in [9.17, 15) is 9.59 Å². The van der Waals surface area contributed by atoms with Crippen LogP contribution in [0.5, 0.6) is 0 Å². The predicted molar refractivity (Wildman–Crippen MR) is 78.5 cm³/mol. The van der Waals surface area contributed by atoms with Gasteiger partial charge in [-0.1, -0.05) is 6.92 Å². The van der Waals surface area contributed by atoms with Gasteiger partial charge in [0.25, 0.3) is 5.91 Å². The predicted octanol–water partition coefficient (Wildman–Crippen LogP) is 2.61. The Hall–Kier alpha value is -2.15. The van der Waals surface area contributed by atoms with E-state index in [0.717, 1.165) is 5.76 Å². The lowest BCUT2D eigenvalue weighted by Gasteiger charge is -2.11. The zero-order valence-electron chi connectivity index (χ0n) is 12.0. The number of amides is 1. The van der Waals surface area contributed by atoms with E-state index in [-0.39, 0.29) is 0 Å². The minimum absolute atomic E-state index is 0.323. The molecular formula is C14H16N2O4S. The molecule has 0 spiro atoms. The molecule has 0 saturated carbocycles. The van der Waals surface area contributed by atoms with Gasteiger partial charge in [0.1, 0.15) is 16.7 Å². The summed E-state index contributed by atoms with van der Waals surface area (Å²) >= 11 is 1.19. The normalized spacial score (nSPS) is 12.1. The number of nitrogens with zero attached hydrogens (tertiary/aromatic N) is 1. The van der Waals surface area contributed by atoms with Gasteiger partial charge < -0.3 is 14.8 Å². The average molecular weight is 308 g/mol. The van der Waals surface area contributed by atoms with E-state index < -0.39 is 17.9 Å². The van der Waals surface area contributed by atoms with E-state index in [4.69, 9.17) is 9.52 Å². The van der Waals surface area contributed by atoms with Gasteiger partial charge in [0.15, 0.2) is 10.8 Å². The summed E-state index contributed by atoms with van der Waals surface area (Å²) in [5, 5.41) is 12.1. The maximum Gasteiger partial charge on any atom is 0.326 e. The Morgan fingerprint density at radius 3 is 2.67 bits per heavy atom. The van der Waals surface area contributed by atoms with E-state index in [2.05, 4.69) is 10.3 Å². The Kier molecular flexibility index (Phi) is 4.42. The van der Waals surface area contributed by atoms with Crippen molar-refractivity contribution in [2.24, 2.45) is 0 Å². The van der Waals surface area contributed by atoms with Gasteiger partial charge in [-0.05, 0) is 32.4 Å². The number of rotatable bonds is 5. The molecule has 1 amide bonds. The highest BCUT2D eigenvalue weighted by atomic mass is 32.1. The molecule has 0 fully saturated rings. The van der Waals surface area contributed by atoms with Crippen LogP contribution in [0.25, 0.3) is 10.8 Å². The largest absolute Gasteiger partial charge is 0.480 e. The Bertz CT molecular complexity index is 674. The van der Waals surface area contributed by atoms with Crippen LogP contribution in [0.15, 0.2) is 16.5 Å². The van der Waals surface area contributed by atoms with Crippen LogP contribution in [0.4, 0.5) is 0 Å². The van der Waals surface area contributed by atoms with Gasteiger partial charge in [-0.2, -0.15) is 0 Å². The zero-order chi connectivity index (χ0) is 15.6. The van der Waals surface area contributed by atoms with Crippen LogP contribution in [-0.4, -0.2) is 28.0 Å². The summed E-state index contributed by atoms with van der Waals surface area (Å²) in [5.41, 5.74) is 0.557. The second-order valence-corrected chi connectivity index (χ2v) is 5.62. The Balaban J connectivity index is 2.22. The molecule has 2 aromatic heterocycles. The molecule has 2 aromatic rings. The molecule has 0 radical (unpaired) electrons. The summed E-state index contributed by atoms with van der Waals surface area (Å²) < 4.78 is 5.48. The SMILES string of the molecule is CCC(NC(=O)c1sc(-c2ccc(C)o2)nc1C)C(=O)O. The molecule has 112 valence electrons. The van der Waals surface area contributed by atoms with E-state index in [0.29, 0.717) is 27.8 Å². The smallest absolute Gasteiger partial charge is 0.326 e. The van der Waals surface area contributed by atoms with Crippen LogP contribution in [-0.2, 0) is 4.79 Å². The van der Waals surface area contributed by atoms with Crippen molar-refractivity contribution in [1.82, 2.24) is 10.3 Å². The first-order valence-corrected chi connectivity index (χ1v) is 7.32. The summed E-state index contributed by atoms with van der Waals surface area (Å²) in [4.78, 5) is 27.8. The highest BCUT2D eigenvalue weighted by Crippen LogP contribution is 2.29. The number of thiazole rings is 1. The summed E-state index contributed by atoms with van der Waals surface area (Å²) in [6, 6.07) is 2.72. The van der Waals surface area contributed by atoms with Gasteiger partial charge in [0.2, 0.25) is 0 Å². The molecule has 6 nitrogen and oxygen atoms in total. The number of carbonyl (C=O) groups excluding carboxylic acids is 1. The van der Waals surface area contributed by atoms with Crippen molar-refractivity contribution in [1.29, 1.82) is 0 Å². The van der Waals surface area contributed by atoms with Crippen molar-refractivity contribution < 1.29 is 19.1 Å². The lowest BCUT2D eigenvalue weighted by molar-refractivity contribution is -0.139. The van der Waals surface area contributed by atoms with Crippen molar-refractivity contribution >= 4 is 23.2 Å². The Morgan fingerprint density at radius 1 is 1.43 bits per heavy atom. The van der Waals surface area contributed by atoms with Gasteiger partial charge in [-0.3, -0.25) is 4.79 Å². The van der Waals surface area contributed by atoms with Crippen molar-refractivity contribution in [2.45, 2.75) is 33.2 Å². The number of carboxylic acid groups (broad SMARTS) is 1. The first-order valence-electron chi connectivity index (χ1n) is 6.50. The lowest BCUT2D eigenvalue weighted by atomic mass is 10.2. The second-order valence-electron chi connectivity index (χ2n) is 4.62. The minimum atomic E-state index is -1.05. The third kappa shape index (κ3) is 3.30. The van der Waals surface area contributed by atoms with Crippen molar-refractivity contribution in [3.05, 3.63) is 28.5 Å². The van der Waals surface area contributed by atoms with Crippen molar-refractivity contribution in [3.8, 4) is 10.8 Å². The molecule has 0 bridgehead atoms. The fourth-order valence-corrected chi connectivity index (χ4v) is 2.76. The Morgan fingerprint density at radius 2 is 2.14 bits per heavy atom. The lowest BCUT2D eigenvalue weighted by Crippen LogP contribution is -2.40. The van der Waals surface area contributed by atoms with Gasteiger partial charge in [0, 0.05) is 0 Å². The second kappa shape index (κ2) is 6.09. The van der Waals surface area contributed by atoms with Crippen LogP contribution in [0.1, 0.15) is 34.5 Å². The molecule has 0 aliphatic rings. The molecule has 2 rings (SSSR count). The Labute approximate surface area is 125 Å². The van der Waals surface area contributed by atoms with Gasteiger partial charge in [-0.25, -0.2) is 9.78 Å². The summed E-state index contributed by atoms with van der Waals surface area (Å²) in [6.07, 6.45) is 0.323. The molecule has 0 saturated heterocycles. The third-order valence-electron chi connectivity index (χ3n) is 2.97. The minimum Gasteiger partial charge on any atom is -0.480 e. The molecule has 21 heavy (non-hydrogen) atoms.